The van der Waals surface area contributed by atoms with E-state index in [0.29, 0.717) is 22.9 Å². The van der Waals surface area contributed by atoms with Gasteiger partial charge in [-0.05, 0) is 41.5 Å². The second kappa shape index (κ2) is 7.72. The van der Waals surface area contributed by atoms with Gasteiger partial charge in [-0.1, -0.05) is 23.7 Å². The Labute approximate surface area is 177 Å². The van der Waals surface area contributed by atoms with Gasteiger partial charge in [-0.25, -0.2) is 9.97 Å². The molecule has 0 aliphatic heterocycles. The number of benzene rings is 2. The minimum Gasteiger partial charge on any atom is -0.493 e. The lowest BCUT2D eigenvalue weighted by molar-refractivity contribution is 0.277. The first-order chi connectivity index (χ1) is 14.7. The van der Waals surface area contributed by atoms with Crippen LogP contribution >= 0.6 is 11.6 Å². The monoisotopic (exact) mass is 418 g/mol. The van der Waals surface area contributed by atoms with Crippen LogP contribution in [-0.4, -0.2) is 27.0 Å². The number of nitrogens with one attached hydrogen (secondary N) is 2. The molecule has 3 heterocycles. The summed E-state index contributed by atoms with van der Waals surface area (Å²) in [6.45, 7) is 0.287. The molecule has 0 atom stereocenters. The first-order valence-corrected chi connectivity index (χ1v) is 9.93. The largest absolute Gasteiger partial charge is 0.493 e. The van der Waals surface area contributed by atoms with E-state index in [2.05, 4.69) is 19.9 Å². The van der Waals surface area contributed by atoms with Gasteiger partial charge >= 0.3 is 0 Å². The Morgan fingerprint density at radius 1 is 1.03 bits per heavy atom. The van der Waals surface area contributed by atoms with Crippen molar-refractivity contribution in [2.24, 2.45) is 0 Å². The molecule has 2 aromatic carbocycles. The van der Waals surface area contributed by atoms with Gasteiger partial charge in [0.25, 0.3) is 0 Å². The molecule has 2 N–H and O–H groups in total. The molecule has 0 saturated heterocycles. The zero-order valence-electron chi connectivity index (χ0n) is 16.3. The van der Waals surface area contributed by atoms with Crippen LogP contribution in [0.2, 0.25) is 5.02 Å². The molecule has 150 valence electrons. The van der Waals surface area contributed by atoms with Crippen LogP contribution in [0.1, 0.15) is 17.0 Å². The second-order valence-electron chi connectivity index (χ2n) is 6.97. The molecule has 0 fully saturated rings. The quantitative estimate of drug-likeness (QED) is 0.394. The summed E-state index contributed by atoms with van der Waals surface area (Å²) in [6.07, 6.45) is 4.39. The van der Waals surface area contributed by atoms with Gasteiger partial charge in [0.1, 0.15) is 18.1 Å². The van der Waals surface area contributed by atoms with Crippen LogP contribution in [0.25, 0.3) is 22.1 Å². The number of para-hydroxylation sites is 2. The molecular weight excluding hydrogens is 400 g/mol. The van der Waals surface area contributed by atoms with E-state index in [9.17, 15) is 0 Å². The molecule has 0 unspecified atom stereocenters. The third kappa shape index (κ3) is 3.46. The van der Waals surface area contributed by atoms with Crippen molar-refractivity contribution in [3.63, 3.8) is 0 Å². The van der Waals surface area contributed by atoms with Crippen molar-refractivity contribution in [3.05, 3.63) is 82.9 Å². The van der Waals surface area contributed by atoms with E-state index in [1.807, 2.05) is 48.7 Å². The summed E-state index contributed by atoms with van der Waals surface area (Å²) in [7, 11) is 1.62. The molecule has 0 aliphatic carbocycles. The standard InChI is InChI=1S/C23H19ClN4O2/c1-29-20-10-14(9-15-12-26-23-16(15)5-4-8-25-23)17(24)11-21(20)30-13-22-27-18-6-2-3-7-19(18)28-22/h2-8,10-12H,9,13H2,1H3,(H,25,26)(H,27,28). The van der Waals surface area contributed by atoms with Crippen molar-refractivity contribution in [3.8, 4) is 11.5 Å². The topological polar surface area (TPSA) is 75.8 Å². The number of aromatic amines is 2. The zero-order chi connectivity index (χ0) is 20.5. The Bertz CT molecular complexity index is 1310. The summed E-state index contributed by atoms with van der Waals surface area (Å²) in [5.74, 6) is 1.94. The van der Waals surface area contributed by atoms with Crippen LogP contribution in [0.4, 0.5) is 0 Å². The summed E-state index contributed by atoms with van der Waals surface area (Å²) in [5, 5.41) is 1.70. The Kier molecular flexibility index (Phi) is 4.77. The van der Waals surface area contributed by atoms with Gasteiger partial charge in [0.15, 0.2) is 11.5 Å². The number of halogens is 1. The number of ether oxygens (including phenoxy) is 2. The number of methoxy groups -OCH3 is 1. The molecule has 30 heavy (non-hydrogen) atoms. The van der Waals surface area contributed by atoms with Crippen molar-refractivity contribution in [2.45, 2.75) is 13.0 Å². The highest BCUT2D eigenvalue weighted by Crippen LogP contribution is 2.35. The Balaban J connectivity index is 1.39. The first-order valence-electron chi connectivity index (χ1n) is 9.55. The van der Waals surface area contributed by atoms with E-state index in [4.69, 9.17) is 21.1 Å². The number of hydrogen-bond acceptors (Lipinski definition) is 4. The van der Waals surface area contributed by atoms with Crippen molar-refractivity contribution in [2.75, 3.05) is 7.11 Å². The molecule has 5 aromatic rings. The highest BCUT2D eigenvalue weighted by atomic mass is 35.5. The van der Waals surface area contributed by atoms with E-state index in [-0.39, 0.29) is 6.61 Å². The summed E-state index contributed by atoms with van der Waals surface area (Å²) in [4.78, 5) is 15.3. The molecule has 0 aliphatic rings. The van der Waals surface area contributed by atoms with Crippen molar-refractivity contribution in [1.29, 1.82) is 0 Å². The smallest absolute Gasteiger partial charge is 0.163 e. The van der Waals surface area contributed by atoms with E-state index in [0.717, 1.165) is 39.0 Å². The van der Waals surface area contributed by atoms with Gasteiger partial charge in [-0.3, -0.25) is 0 Å². The van der Waals surface area contributed by atoms with Crippen LogP contribution in [0.15, 0.2) is 60.9 Å². The van der Waals surface area contributed by atoms with E-state index in [1.54, 1.807) is 19.4 Å². The van der Waals surface area contributed by atoms with Crippen molar-refractivity contribution in [1.82, 2.24) is 19.9 Å². The van der Waals surface area contributed by atoms with Crippen LogP contribution in [0.3, 0.4) is 0 Å². The predicted octanol–water partition coefficient (Wildman–Crippen LogP) is 5.27. The number of fused-ring (bicyclic) bond motifs is 2. The Hall–Kier alpha value is -3.51. The summed E-state index contributed by atoms with van der Waals surface area (Å²) >= 11 is 6.59. The molecule has 7 heteroatoms. The maximum Gasteiger partial charge on any atom is 0.163 e. The van der Waals surface area contributed by atoms with Gasteiger partial charge in [0, 0.05) is 35.3 Å². The van der Waals surface area contributed by atoms with Crippen LogP contribution < -0.4 is 9.47 Å². The van der Waals surface area contributed by atoms with Crippen molar-refractivity contribution >= 4 is 33.7 Å². The number of aromatic nitrogens is 4. The molecule has 0 radical (unpaired) electrons. The fourth-order valence-corrected chi connectivity index (χ4v) is 3.79. The van der Waals surface area contributed by atoms with Crippen LogP contribution in [0.5, 0.6) is 11.5 Å². The average Bonchev–Trinajstić information content (AvgIpc) is 3.37. The number of pyridine rings is 1. The summed E-state index contributed by atoms with van der Waals surface area (Å²) in [5.41, 5.74) is 4.82. The second-order valence-corrected chi connectivity index (χ2v) is 7.38. The predicted molar refractivity (Wildman–Crippen MR) is 117 cm³/mol. The minimum absolute atomic E-state index is 0.287. The average molecular weight is 419 g/mol. The summed E-state index contributed by atoms with van der Waals surface area (Å²) < 4.78 is 11.5. The van der Waals surface area contributed by atoms with Gasteiger partial charge in [-0.15, -0.1) is 0 Å². The number of rotatable bonds is 6. The lowest BCUT2D eigenvalue weighted by Gasteiger charge is -2.13. The molecule has 3 aromatic heterocycles. The van der Waals surface area contributed by atoms with E-state index in [1.165, 1.54) is 0 Å². The molecule has 0 amide bonds. The number of imidazole rings is 1. The van der Waals surface area contributed by atoms with Gasteiger partial charge in [0.2, 0.25) is 0 Å². The Morgan fingerprint density at radius 3 is 2.80 bits per heavy atom. The van der Waals surface area contributed by atoms with Crippen molar-refractivity contribution < 1.29 is 9.47 Å². The van der Waals surface area contributed by atoms with Gasteiger partial charge < -0.3 is 19.4 Å². The van der Waals surface area contributed by atoms with Crippen LogP contribution in [-0.2, 0) is 13.0 Å². The third-order valence-electron chi connectivity index (χ3n) is 5.05. The molecule has 6 nitrogen and oxygen atoms in total. The SMILES string of the molecule is COc1cc(Cc2c[nH]c3ncccc23)c(Cl)cc1OCc1nc2ccccc2[nH]1. The zero-order valence-corrected chi connectivity index (χ0v) is 17.0. The van der Waals surface area contributed by atoms with Crippen LogP contribution in [0, 0.1) is 0 Å². The molecule has 5 rings (SSSR count). The van der Waals surface area contributed by atoms with E-state index >= 15 is 0 Å². The maximum atomic E-state index is 6.59. The van der Waals surface area contributed by atoms with E-state index < -0.39 is 0 Å². The highest BCUT2D eigenvalue weighted by Gasteiger charge is 2.14. The van der Waals surface area contributed by atoms with Gasteiger partial charge in [0.05, 0.1) is 18.1 Å². The molecule has 0 saturated carbocycles. The summed E-state index contributed by atoms with van der Waals surface area (Å²) in [6, 6.07) is 15.6. The molecular formula is C23H19ClN4O2. The number of nitrogens with zero attached hydrogens (tertiary/aromatic N) is 2. The first kappa shape index (κ1) is 18.5. The third-order valence-corrected chi connectivity index (χ3v) is 5.41. The lowest BCUT2D eigenvalue weighted by Crippen LogP contribution is -2.01. The maximum absolute atomic E-state index is 6.59. The fraction of sp³-hybridized carbons (Fsp3) is 0.130. The normalized spacial score (nSPS) is 11.3. The molecule has 0 spiro atoms. The number of H-pyrrole nitrogens is 2. The number of hydrogen-bond donors (Lipinski definition) is 2. The minimum atomic E-state index is 0.287. The Morgan fingerprint density at radius 2 is 1.93 bits per heavy atom. The lowest BCUT2D eigenvalue weighted by atomic mass is 10.0. The van der Waals surface area contributed by atoms with Gasteiger partial charge in [-0.2, -0.15) is 0 Å². The molecule has 0 bridgehead atoms. The fourth-order valence-electron chi connectivity index (χ4n) is 3.57. The highest BCUT2D eigenvalue weighted by molar-refractivity contribution is 6.31.